The predicted molar refractivity (Wildman–Crippen MR) is 123 cm³/mol. The van der Waals surface area contributed by atoms with Crippen LogP contribution in [0.25, 0.3) is 0 Å². The number of nitrogens with two attached hydrogens (primary N) is 1. The van der Waals surface area contributed by atoms with E-state index in [1.807, 2.05) is 18.2 Å². The van der Waals surface area contributed by atoms with Crippen LogP contribution in [0.3, 0.4) is 0 Å². The molecule has 1 aliphatic rings. The highest BCUT2D eigenvalue weighted by atomic mass is 127. The number of aryl methyl sites for hydroxylation is 1. The van der Waals surface area contributed by atoms with E-state index >= 15 is 0 Å². The number of halogens is 1. The number of guanidine groups is 1. The van der Waals surface area contributed by atoms with Crippen LogP contribution in [0.1, 0.15) is 24.1 Å². The first-order valence-electron chi connectivity index (χ1n) is 9.29. The van der Waals surface area contributed by atoms with E-state index in [0.717, 1.165) is 38.4 Å². The van der Waals surface area contributed by atoms with Crippen LogP contribution >= 0.6 is 24.0 Å². The summed E-state index contributed by atoms with van der Waals surface area (Å²) in [4.78, 5) is 7.05. The molecule has 1 unspecified atom stereocenters. The minimum atomic E-state index is 0. The van der Waals surface area contributed by atoms with Crippen LogP contribution in [0.5, 0.6) is 0 Å². The molecule has 0 spiro atoms. The maximum atomic E-state index is 6.15. The fraction of sp³-hybridized carbons (Fsp3) is 0.381. The minimum Gasteiger partial charge on any atom is -0.379 e. The number of aliphatic imine (C=N–C) groups is 1. The second-order valence-electron chi connectivity index (χ2n) is 6.48. The van der Waals surface area contributed by atoms with Crippen LogP contribution in [-0.2, 0) is 11.2 Å². The molecule has 1 heterocycles. The molecule has 1 saturated heterocycles. The molecule has 0 amide bonds. The summed E-state index contributed by atoms with van der Waals surface area (Å²) in [5.74, 6) is 0.451. The third-order valence-electron chi connectivity index (χ3n) is 4.71. The molecule has 0 aromatic heterocycles. The Morgan fingerprint density at radius 3 is 2.59 bits per heavy atom. The lowest BCUT2D eigenvalue weighted by atomic mass is 10.1. The summed E-state index contributed by atoms with van der Waals surface area (Å²) in [5.41, 5.74) is 9.67. The van der Waals surface area contributed by atoms with E-state index in [1.54, 1.807) is 0 Å². The van der Waals surface area contributed by atoms with Crippen molar-refractivity contribution in [3.05, 3.63) is 65.7 Å². The quantitative estimate of drug-likeness (QED) is 0.377. The van der Waals surface area contributed by atoms with Gasteiger partial charge in [-0.3, -0.25) is 9.89 Å². The van der Waals surface area contributed by atoms with E-state index < -0.39 is 0 Å². The molecule has 1 aliphatic heterocycles. The average molecular weight is 480 g/mol. The lowest BCUT2D eigenvalue weighted by molar-refractivity contribution is 0.0180. The first-order valence-corrected chi connectivity index (χ1v) is 9.29. The average Bonchev–Trinajstić information content (AvgIpc) is 2.70. The Labute approximate surface area is 179 Å². The van der Waals surface area contributed by atoms with Crippen molar-refractivity contribution in [3.63, 3.8) is 0 Å². The van der Waals surface area contributed by atoms with Gasteiger partial charge < -0.3 is 15.8 Å². The highest BCUT2D eigenvalue weighted by Crippen LogP contribution is 2.22. The van der Waals surface area contributed by atoms with Crippen molar-refractivity contribution >= 4 is 35.6 Å². The predicted octanol–water partition coefficient (Wildman–Crippen LogP) is 3.67. The van der Waals surface area contributed by atoms with Crippen molar-refractivity contribution in [2.24, 2.45) is 10.7 Å². The van der Waals surface area contributed by atoms with E-state index in [1.165, 1.54) is 11.1 Å². The molecule has 27 heavy (non-hydrogen) atoms. The van der Waals surface area contributed by atoms with Crippen molar-refractivity contribution in [3.8, 4) is 0 Å². The van der Waals surface area contributed by atoms with Crippen molar-refractivity contribution in [1.82, 2.24) is 4.90 Å². The summed E-state index contributed by atoms with van der Waals surface area (Å²) in [6, 6.07) is 19.0. The fourth-order valence-electron chi connectivity index (χ4n) is 3.24. The monoisotopic (exact) mass is 480 g/mol. The fourth-order valence-corrected chi connectivity index (χ4v) is 3.24. The zero-order valence-corrected chi connectivity index (χ0v) is 18.1. The van der Waals surface area contributed by atoms with E-state index in [0.29, 0.717) is 12.5 Å². The molecule has 146 valence electrons. The smallest absolute Gasteiger partial charge is 0.193 e. The van der Waals surface area contributed by atoms with Gasteiger partial charge in [-0.05, 0) is 29.7 Å². The first-order chi connectivity index (χ1) is 12.8. The minimum absolute atomic E-state index is 0. The summed E-state index contributed by atoms with van der Waals surface area (Å²) in [6.45, 7) is 6.14. The first kappa shape index (κ1) is 21.7. The summed E-state index contributed by atoms with van der Waals surface area (Å²) >= 11 is 0. The van der Waals surface area contributed by atoms with Gasteiger partial charge in [0.2, 0.25) is 0 Å². The number of benzene rings is 2. The van der Waals surface area contributed by atoms with Gasteiger partial charge in [0.25, 0.3) is 0 Å². The number of nitrogens with one attached hydrogen (secondary N) is 1. The van der Waals surface area contributed by atoms with E-state index in [9.17, 15) is 0 Å². The Kier molecular flexibility index (Phi) is 9.03. The molecular formula is C21H29IN4O. The number of anilines is 1. The van der Waals surface area contributed by atoms with Gasteiger partial charge in [0.15, 0.2) is 5.96 Å². The van der Waals surface area contributed by atoms with Crippen molar-refractivity contribution < 1.29 is 4.74 Å². The molecule has 1 fully saturated rings. The molecule has 0 bridgehead atoms. The molecule has 5 nitrogen and oxygen atoms in total. The van der Waals surface area contributed by atoms with Gasteiger partial charge in [0, 0.05) is 18.8 Å². The number of hydrogen-bond acceptors (Lipinski definition) is 3. The summed E-state index contributed by atoms with van der Waals surface area (Å²) < 4.78 is 5.50. The Hall–Kier alpha value is -1.64. The van der Waals surface area contributed by atoms with Gasteiger partial charge in [-0.2, -0.15) is 0 Å². The maximum absolute atomic E-state index is 6.15. The lowest BCUT2D eigenvalue weighted by Gasteiger charge is -2.34. The standard InChI is InChI=1S/C21H28N4O.HI/c1-2-17-7-6-10-19(15-17)24-21(22)23-16-20(18-8-4-3-5-9-18)25-11-13-26-14-12-25;/h3-10,15,20H,2,11-14,16H2,1H3,(H3,22,23,24);1H. The lowest BCUT2D eigenvalue weighted by Crippen LogP contribution is -2.40. The van der Waals surface area contributed by atoms with E-state index in [2.05, 4.69) is 58.5 Å². The maximum Gasteiger partial charge on any atom is 0.193 e. The van der Waals surface area contributed by atoms with Crippen LogP contribution in [0.4, 0.5) is 5.69 Å². The Bertz CT molecular complexity index is 717. The normalized spacial score (nSPS) is 16.4. The summed E-state index contributed by atoms with van der Waals surface area (Å²) in [6.07, 6.45) is 1.000. The van der Waals surface area contributed by atoms with Crippen molar-refractivity contribution in [2.45, 2.75) is 19.4 Å². The van der Waals surface area contributed by atoms with Crippen LogP contribution < -0.4 is 11.1 Å². The zero-order valence-electron chi connectivity index (χ0n) is 15.8. The molecule has 6 heteroatoms. The number of rotatable bonds is 6. The number of hydrogen-bond donors (Lipinski definition) is 2. The third kappa shape index (κ3) is 6.48. The molecule has 1 atom stereocenters. The second-order valence-corrected chi connectivity index (χ2v) is 6.48. The third-order valence-corrected chi connectivity index (χ3v) is 4.71. The van der Waals surface area contributed by atoms with Gasteiger partial charge >= 0.3 is 0 Å². The molecule has 0 radical (unpaired) electrons. The summed E-state index contributed by atoms with van der Waals surface area (Å²) in [7, 11) is 0. The highest BCUT2D eigenvalue weighted by Gasteiger charge is 2.22. The largest absolute Gasteiger partial charge is 0.379 e. The van der Waals surface area contributed by atoms with Gasteiger partial charge in [-0.25, -0.2) is 0 Å². The molecule has 0 aliphatic carbocycles. The number of morpholine rings is 1. The SMILES string of the molecule is CCc1cccc(NC(N)=NCC(c2ccccc2)N2CCOCC2)c1.I. The Morgan fingerprint density at radius 2 is 1.89 bits per heavy atom. The highest BCUT2D eigenvalue weighted by molar-refractivity contribution is 14.0. The number of ether oxygens (including phenoxy) is 1. The Morgan fingerprint density at radius 1 is 1.15 bits per heavy atom. The van der Waals surface area contributed by atoms with Crippen LogP contribution in [0.2, 0.25) is 0 Å². The topological polar surface area (TPSA) is 62.9 Å². The van der Waals surface area contributed by atoms with Crippen molar-refractivity contribution in [1.29, 1.82) is 0 Å². The van der Waals surface area contributed by atoms with Gasteiger partial charge in [0.1, 0.15) is 0 Å². The zero-order chi connectivity index (χ0) is 18.2. The van der Waals surface area contributed by atoms with Crippen molar-refractivity contribution in [2.75, 3.05) is 38.2 Å². The molecular weight excluding hydrogens is 451 g/mol. The van der Waals surface area contributed by atoms with E-state index in [-0.39, 0.29) is 30.0 Å². The van der Waals surface area contributed by atoms with Crippen LogP contribution in [-0.4, -0.2) is 43.7 Å². The van der Waals surface area contributed by atoms with E-state index in [4.69, 9.17) is 10.5 Å². The molecule has 3 rings (SSSR count). The van der Waals surface area contributed by atoms with Crippen LogP contribution in [0, 0.1) is 0 Å². The molecule has 0 saturated carbocycles. The van der Waals surface area contributed by atoms with Gasteiger partial charge in [0.05, 0.1) is 25.8 Å². The molecule has 2 aromatic rings. The molecule has 3 N–H and O–H groups in total. The molecule has 2 aromatic carbocycles. The second kappa shape index (κ2) is 11.3. The van der Waals surface area contributed by atoms with Gasteiger partial charge in [-0.15, -0.1) is 24.0 Å². The van der Waals surface area contributed by atoms with Crippen LogP contribution in [0.15, 0.2) is 59.6 Å². The summed E-state index contributed by atoms with van der Waals surface area (Å²) in [5, 5.41) is 3.21. The number of nitrogens with zero attached hydrogens (tertiary/aromatic N) is 2. The Balaban J connectivity index is 0.00000261. The van der Waals surface area contributed by atoms with Gasteiger partial charge in [-0.1, -0.05) is 49.4 Å².